The van der Waals surface area contributed by atoms with E-state index in [1.54, 1.807) is 7.11 Å². The number of rotatable bonds is 6. The number of hydrogen-bond donors (Lipinski definition) is 1. The summed E-state index contributed by atoms with van der Waals surface area (Å²) in [5.41, 5.74) is 2.68. The molecule has 0 fully saturated rings. The van der Waals surface area contributed by atoms with Gasteiger partial charge in [0.2, 0.25) is 5.91 Å². The van der Waals surface area contributed by atoms with Crippen molar-refractivity contribution in [2.75, 3.05) is 12.4 Å². The van der Waals surface area contributed by atoms with Crippen molar-refractivity contribution >= 4 is 34.5 Å². The number of benzene rings is 3. The van der Waals surface area contributed by atoms with Crippen molar-refractivity contribution in [2.45, 2.75) is 27.2 Å². The lowest BCUT2D eigenvalue weighted by molar-refractivity contribution is -0.124. The first-order chi connectivity index (χ1) is 13.4. The molecule has 3 nitrogen and oxygen atoms in total. The van der Waals surface area contributed by atoms with Crippen molar-refractivity contribution < 1.29 is 9.53 Å². The SMILES string of the molecule is CCC(C)(C)C(=O)Nc1ccc(C=Cc2ccc3cc(OC)ccc3c2)cc1. The Kier molecular flexibility index (Phi) is 5.84. The largest absolute Gasteiger partial charge is 0.497 e. The van der Waals surface area contributed by atoms with Crippen LogP contribution in [0.5, 0.6) is 5.75 Å². The van der Waals surface area contributed by atoms with E-state index >= 15 is 0 Å². The fourth-order valence-corrected chi connectivity index (χ4v) is 2.80. The molecule has 1 N–H and O–H groups in total. The molecule has 0 aliphatic carbocycles. The van der Waals surface area contributed by atoms with Gasteiger partial charge in [-0.3, -0.25) is 4.79 Å². The quantitative estimate of drug-likeness (QED) is 0.508. The lowest BCUT2D eigenvalue weighted by atomic mass is 9.89. The first-order valence-corrected chi connectivity index (χ1v) is 9.59. The topological polar surface area (TPSA) is 38.3 Å². The van der Waals surface area contributed by atoms with Crippen molar-refractivity contribution in [2.24, 2.45) is 5.41 Å². The third-order valence-electron chi connectivity index (χ3n) is 5.21. The molecule has 0 unspecified atom stereocenters. The number of carbonyl (C=O) groups is 1. The van der Waals surface area contributed by atoms with Crippen LogP contribution < -0.4 is 10.1 Å². The number of methoxy groups -OCH3 is 1. The molecule has 0 bridgehead atoms. The van der Waals surface area contributed by atoms with Gasteiger partial charge in [-0.05, 0) is 58.7 Å². The van der Waals surface area contributed by atoms with Gasteiger partial charge in [0.05, 0.1) is 7.11 Å². The first kappa shape index (κ1) is 19.7. The molecule has 0 aliphatic heterocycles. The summed E-state index contributed by atoms with van der Waals surface area (Å²) in [6, 6.07) is 20.3. The second-order valence-corrected chi connectivity index (χ2v) is 7.62. The minimum atomic E-state index is -0.362. The predicted molar refractivity (Wildman–Crippen MR) is 119 cm³/mol. The second-order valence-electron chi connectivity index (χ2n) is 7.62. The summed E-state index contributed by atoms with van der Waals surface area (Å²) in [7, 11) is 1.68. The fourth-order valence-electron chi connectivity index (χ4n) is 2.80. The van der Waals surface area contributed by atoms with Crippen LogP contribution in [-0.2, 0) is 4.79 Å². The summed E-state index contributed by atoms with van der Waals surface area (Å²) in [6.07, 6.45) is 4.97. The Morgan fingerprint density at radius 2 is 1.54 bits per heavy atom. The molecule has 0 heterocycles. The molecule has 3 heteroatoms. The van der Waals surface area contributed by atoms with Crippen molar-refractivity contribution in [3.8, 4) is 5.75 Å². The van der Waals surface area contributed by atoms with Gasteiger partial charge in [0, 0.05) is 11.1 Å². The zero-order valence-corrected chi connectivity index (χ0v) is 17.0. The number of amides is 1. The van der Waals surface area contributed by atoms with Gasteiger partial charge in [0.1, 0.15) is 5.75 Å². The van der Waals surface area contributed by atoms with Crippen molar-refractivity contribution in [1.82, 2.24) is 0 Å². The Balaban J connectivity index is 1.70. The number of anilines is 1. The lowest BCUT2D eigenvalue weighted by Crippen LogP contribution is -2.29. The van der Waals surface area contributed by atoms with Crippen LogP contribution >= 0.6 is 0 Å². The van der Waals surface area contributed by atoms with E-state index in [0.29, 0.717) is 0 Å². The molecule has 28 heavy (non-hydrogen) atoms. The number of fused-ring (bicyclic) bond motifs is 1. The highest BCUT2D eigenvalue weighted by atomic mass is 16.5. The van der Waals surface area contributed by atoms with Gasteiger partial charge in [-0.2, -0.15) is 0 Å². The number of nitrogens with one attached hydrogen (secondary N) is 1. The number of hydrogen-bond acceptors (Lipinski definition) is 2. The third-order valence-corrected chi connectivity index (χ3v) is 5.21. The molecular formula is C25H27NO2. The van der Waals surface area contributed by atoms with Gasteiger partial charge in [0.15, 0.2) is 0 Å². The Bertz CT molecular complexity index is 1000. The average molecular weight is 373 g/mol. The number of ether oxygens (including phenoxy) is 1. The smallest absolute Gasteiger partial charge is 0.230 e. The van der Waals surface area contributed by atoms with Gasteiger partial charge >= 0.3 is 0 Å². The Hall–Kier alpha value is -3.07. The van der Waals surface area contributed by atoms with E-state index < -0.39 is 0 Å². The van der Waals surface area contributed by atoms with Gasteiger partial charge in [0.25, 0.3) is 0 Å². The van der Waals surface area contributed by atoms with Crippen LogP contribution in [0.25, 0.3) is 22.9 Å². The maximum Gasteiger partial charge on any atom is 0.230 e. The van der Waals surface area contributed by atoms with Crippen molar-refractivity contribution in [1.29, 1.82) is 0 Å². The normalized spacial score (nSPS) is 11.7. The van der Waals surface area contributed by atoms with Crippen LogP contribution in [-0.4, -0.2) is 13.0 Å². The Morgan fingerprint density at radius 3 is 2.21 bits per heavy atom. The van der Waals surface area contributed by atoms with Gasteiger partial charge < -0.3 is 10.1 Å². The van der Waals surface area contributed by atoms with Crippen LogP contribution in [0.1, 0.15) is 38.3 Å². The van der Waals surface area contributed by atoms with Crippen LogP contribution in [0, 0.1) is 5.41 Å². The molecular weight excluding hydrogens is 346 g/mol. The summed E-state index contributed by atoms with van der Waals surface area (Å²) < 4.78 is 5.28. The highest BCUT2D eigenvalue weighted by Crippen LogP contribution is 2.24. The van der Waals surface area contributed by atoms with Crippen LogP contribution in [0.15, 0.2) is 60.7 Å². The lowest BCUT2D eigenvalue weighted by Gasteiger charge is -2.21. The van der Waals surface area contributed by atoms with E-state index in [1.165, 1.54) is 5.39 Å². The van der Waals surface area contributed by atoms with E-state index in [0.717, 1.165) is 34.4 Å². The van der Waals surface area contributed by atoms with Crippen molar-refractivity contribution in [3.63, 3.8) is 0 Å². The zero-order valence-electron chi connectivity index (χ0n) is 17.0. The molecule has 0 atom stereocenters. The third kappa shape index (κ3) is 4.61. The van der Waals surface area contributed by atoms with Gasteiger partial charge in [-0.1, -0.05) is 63.3 Å². The Morgan fingerprint density at radius 1 is 0.929 bits per heavy atom. The molecule has 0 aromatic heterocycles. The molecule has 0 radical (unpaired) electrons. The van der Waals surface area contributed by atoms with Crippen LogP contribution in [0.4, 0.5) is 5.69 Å². The molecule has 3 aromatic rings. The molecule has 144 valence electrons. The standard InChI is InChI=1S/C25H27NO2/c1-5-25(2,3)24(27)26-22-13-9-18(10-14-22)6-7-19-8-11-21-17-23(28-4)15-12-20(21)16-19/h6-17H,5H2,1-4H3,(H,26,27). The highest BCUT2D eigenvalue weighted by molar-refractivity contribution is 5.95. The van der Waals surface area contributed by atoms with E-state index in [1.807, 2.05) is 57.2 Å². The summed E-state index contributed by atoms with van der Waals surface area (Å²) in [6.45, 7) is 5.94. The van der Waals surface area contributed by atoms with Gasteiger partial charge in [-0.15, -0.1) is 0 Å². The van der Waals surface area contributed by atoms with Crippen LogP contribution in [0.2, 0.25) is 0 Å². The fraction of sp³-hybridized carbons (Fsp3) is 0.240. The average Bonchev–Trinajstić information content (AvgIpc) is 2.72. The maximum atomic E-state index is 12.3. The second kappa shape index (κ2) is 8.30. The van der Waals surface area contributed by atoms with Gasteiger partial charge in [-0.25, -0.2) is 0 Å². The maximum absolute atomic E-state index is 12.3. The predicted octanol–water partition coefficient (Wildman–Crippen LogP) is 6.39. The van der Waals surface area contributed by atoms with E-state index in [2.05, 4.69) is 41.7 Å². The zero-order chi connectivity index (χ0) is 20.1. The molecule has 0 saturated carbocycles. The highest BCUT2D eigenvalue weighted by Gasteiger charge is 2.25. The minimum Gasteiger partial charge on any atom is -0.497 e. The minimum absolute atomic E-state index is 0.0473. The van der Waals surface area contributed by atoms with E-state index in [-0.39, 0.29) is 11.3 Å². The van der Waals surface area contributed by atoms with Crippen LogP contribution in [0.3, 0.4) is 0 Å². The Labute approximate surface area is 167 Å². The summed E-state index contributed by atoms with van der Waals surface area (Å²) in [4.78, 5) is 12.3. The van der Waals surface area contributed by atoms with E-state index in [9.17, 15) is 4.79 Å². The van der Waals surface area contributed by atoms with E-state index in [4.69, 9.17) is 4.74 Å². The first-order valence-electron chi connectivity index (χ1n) is 9.59. The molecule has 0 spiro atoms. The summed E-state index contributed by atoms with van der Waals surface area (Å²) in [5.74, 6) is 0.913. The molecule has 1 amide bonds. The van der Waals surface area contributed by atoms with Crippen molar-refractivity contribution in [3.05, 3.63) is 71.8 Å². The molecule has 0 saturated heterocycles. The molecule has 3 aromatic carbocycles. The number of carbonyl (C=O) groups excluding carboxylic acids is 1. The monoisotopic (exact) mass is 373 g/mol. The summed E-state index contributed by atoms with van der Waals surface area (Å²) in [5, 5.41) is 5.33. The molecule has 0 aliphatic rings. The molecule has 3 rings (SSSR count). The summed E-state index contributed by atoms with van der Waals surface area (Å²) >= 11 is 0.